The summed E-state index contributed by atoms with van der Waals surface area (Å²) < 4.78 is 32.3. The van der Waals surface area contributed by atoms with E-state index in [1.807, 2.05) is 0 Å². The van der Waals surface area contributed by atoms with Crippen LogP contribution in [-0.2, 0) is 41.1 Å². The molecule has 11 heteroatoms. The van der Waals surface area contributed by atoms with Crippen molar-refractivity contribution in [3.05, 3.63) is 34.5 Å². The lowest BCUT2D eigenvalue weighted by atomic mass is 10.0. The molecule has 0 bridgehead atoms. The van der Waals surface area contributed by atoms with Crippen LogP contribution in [0.25, 0.3) is 0 Å². The number of aryl methyl sites for hydroxylation is 1. The number of pyridine rings is 1. The van der Waals surface area contributed by atoms with Gasteiger partial charge in [-0.1, -0.05) is 0 Å². The monoisotopic (exact) mass is 464 g/mol. The fraction of sp³-hybridized carbons (Fsp3) is 0.619. The third kappa shape index (κ3) is 3.81. The first kappa shape index (κ1) is 21.7. The van der Waals surface area contributed by atoms with Crippen molar-refractivity contribution in [1.82, 2.24) is 14.8 Å². The van der Waals surface area contributed by atoms with Crippen LogP contribution in [0.4, 0.5) is 10.1 Å². The van der Waals surface area contributed by atoms with Gasteiger partial charge in [-0.25, -0.2) is 13.7 Å². The maximum atomic E-state index is 14.4. The van der Waals surface area contributed by atoms with Crippen LogP contribution < -0.4 is 10.5 Å². The molecule has 0 amide bonds. The van der Waals surface area contributed by atoms with Crippen LogP contribution >= 0.6 is 0 Å². The van der Waals surface area contributed by atoms with Gasteiger partial charge < -0.3 is 15.5 Å². The molecule has 1 fully saturated rings. The SMILES string of the molecule is CC(C)(O)Cn1cc(F)c(S(N)(=O)=NC(O)Nc2c3c(nc4c2CCC42CC2)CCC3)n1. The van der Waals surface area contributed by atoms with Crippen molar-refractivity contribution in [2.24, 2.45) is 9.50 Å². The second kappa shape index (κ2) is 7.21. The molecule has 0 radical (unpaired) electrons. The summed E-state index contributed by atoms with van der Waals surface area (Å²) in [6, 6.07) is 0. The summed E-state index contributed by atoms with van der Waals surface area (Å²) in [4.78, 5) is 4.97. The lowest BCUT2D eigenvalue weighted by Crippen LogP contribution is -2.27. The van der Waals surface area contributed by atoms with Gasteiger partial charge in [0.25, 0.3) is 0 Å². The number of hydrogen-bond acceptors (Lipinski definition) is 7. The Kier molecular flexibility index (Phi) is 4.90. The smallest absolute Gasteiger partial charge is 0.233 e. The zero-order valence-electron chi connectivity index (χ0n) is 18.3. The van der Waals surface area contributed by atoms with Crippen molar-refractivity contribution in [1.29, 1.82) is 0 Å². The highest BCUT2D eigenvalue weighted by atomic mass is 32.2. The molecule has 0 saturated heterocycles. The Balaban J connectivity index is 1.45. The molecule has 2 heterocycles. The molecule has 9 nitrogen and oxygen atoms in total. The number of nitrogens with zero attached hydrogens (tertiary/aromatic N) is 4. The van der Waals surface area contributed by atoms with Crippen LogP contribution in [0, 0.1) is 5.82 Å². The number of nitrogens with one attached hydrogen (secondary N) is 1. The minimum atomic E-state index is -3.83. The second-order valence-corrected chi connectivity index (χ2v) is 11.6. The normalized spacial score (nSPS) is 21.2. The lowest BCUT2D eigenvalue weighted by Gasteiger charge is -2.19. The quantitative estimate of drug-likeness (QED) is 0.481. The number of anilines is 1. The number of aliphatic hydroxyl groups excluding tert-OH is 1. The van der Waals surface area contributed by atoms with Crippen LogP contribution in [-0.4, -0.2) is 41.1 Å². The van der Waals surface area contributed by atoms with E-state index in [0.29, 0.717) is 0 Å². The molecular formula is C21H29FN6O3S. The van der Waals surface area contributed by atoms with E-state index < -0.39 is 32.7 Å². The molecule has 3 aliphatic carbocycles. The summed E-state index contributed by atoms with van der Waals surface area (Å²) >= 11 is 0. The predicted octanol–water partition coefficient (Wildman–Crippen LogP) is 1.74. The number of nitrogens with two attached hydrogens (primary N) is 1. The van der Waals surface area contributed by atoms with E-state index in [1.54, 1.807) is 13.8 Å². The average molecular weight is 465 g/mol. The summed E-state index contributed by atoms with van der Waals surface area (Å²) in [7, 11) is -3.83. The summed E-state index contributed by atoms with van der Waals surface area (Å²) in [5, 5.41) is 32.7. The van der Waals surface area contributed by atoms with E-state index in [2.05, 4.69) is 14.8 Å². The zero-order chi connectivity index (χ0) is 22.9. The number of fused-ring (bicyclic) bond motifs is 3. The molecule has 3 aliphatic rings. The highest BCUT2D eigenvalue weighted by Crippen LogP contribution is 2.58. The minimum Gasteiger partial charge on any atom is -0.389 e. The molecule has 2 atom stereocenters. The van der Waals surface area contributed by atoms with Gasteiger partial charge in [-0.3, -0.25) is 9.67 Å². The highest BCUT2D eigenvalue weighted by molar-refractivity contribution is 7.91. The summed E-state index contributed by atoms with van der Waals surface area (Å²) in [6.45, 7) is 3.07. The van der Waals surface area contributed by atoms with E-state index in [1.165, 1.54) is 0 Å². The molecule has 5 N–H and O–H groups in total. The van der Waals surface area contributed by atoms with E-state index in [9.17, 15) is 18.8 Å². The lowest BCUT2D eigenvalue weighted by molar-refractivity contribution is 0.0573. The molecule has 1 spiro atoms. The van der Waals surface area contributed by atoms with Crippen LogP contribution in [0.15, 0.2) is 15.6 Å². The van der Waals surface area contributed by atoms with Gasteiger partial charge in [0, 0.05) is 16.8 Å². The minimum absolute atomic E-state index is 0.0166. The highest BCUT2D eigenvalue weighted by Gasteiger charge is 2.51. The molecular weight excluding hydrogens is 435 g/mol. The Bertz CT molecular complexity index is 1210. The van der Waals surface area contributed by atoms with Crippen molar-refractivity contribution < 1.29 is 18.8 Å². The van der Waals surface area contributed by atoms with Crippen molar-refractivity contribution in [3.63, 3.8) is 0 Å². The molecule has 2 aromatic heterocycles. The maximum absolute atomic E-state index is 14.4. The Morgan fingerprint density at radius 1 is 1.34 bits per heavy atom. The van der Waals surface area contributed by atoms with Gasteiger partial charge in [-0.2, -0.15) is 9.46 Å². The van der Waals surface area contributed by atoms with Gasteiger partial charge >= 0.3 is 0 Å². The summed E-state index contributed by atoms with van der Waals surface area (Å²) in [5.74, 6) is -0.904. The first-order valence-corrected chi connectivity index (χ1v) is 12.5. The van der Waals surface area contributed by atoms with Crippen molar-refractivity contribution in [2.45, 2.75) is 87.7 Å². The van der Waals surface area contributed by atoms with E-state index in [0.717, 1.165) is 84.0 Å². The Labute approximate surface area is 186 Å². The van der Waals surface area contributed by atoms with E-state index >= 15 is 0 Å². The van der Waals surface area contributed by atoms with Crippen LogP contribution in [0.1, 0.15) is 62.0 Å². The summed E-state index contributed by atoms with van der Waals surface area (Å²) in [5.41, 5.74) is 4.19. The first-order valence-electron chi connectivity index (χ1n) is 11.0. The summed E-state index contributed by atoms with van der Waals surface area (Å²) in [6.07, 6.45) is 6.37. The number of aliphatic hydroxyl groups is 2. The third-order valence-corrected chi connectivity index (χ3v) is 7.92. The number of rotatable bonds is 6. The molecule has 2 aromatic rings. The van der Waals surface area contributed by atoms with Crippen molar-refractivity contribution in [3.8, 4) is 0 Å². The Morgan fingerprint density at radius 3 is 2.78 bits per heavy atom. The van der Waals surface area contributed by atoms with E-state index in [-0.39, 0.29) is 12.0 Å². The molecule has 0 aliphatic heterocycles. The Hall–Kier alpha value is -2.08. The van der Waals surface area contributed by atoms with Gasteiger partial charge in [0.15, 0.2) is 15.7 Å². The number of hydrogen-bond donors (Lipinski definition) is 4. The molecule has 32 heavy (non-hydrogen) atoms. The van der Waals surface area contributed by atoms with Crippen LogP contribution in [0.5, 0.6) is 0 Å². The van der Waals surface area contributed by atoms with Crippen molar-refractivity contribution in [2.75, 3.05) is 5.32 Å². The molecule has 5 rings (SSSR count). The average Bonchev–Trinajstić information content (AvgIpc) is 2.97. The number of aromatic nitrogens is 3. The topological polar surface area (TPSA) is 139 Å². The van der Waals surface area contributed by atoms with Gasteiger partial charge in [-0.05, 0) is 69.9 Å². The van der Waals surface area contributed by atoms with E-state index in [4.69, 9.17) is 10.1 Å². The first-order chi connectivity index (χ1) is 15.0. The standard InChI is InChI=1S/C21H29FN6O3S/c1-20(2,30)11-28-10-14(22)18(26-28)32(23,31)27-19(29)25-16-12-4-3-5-15(12)24-17-13(16)6-7-21(17)8-9-21/h10,19,29-30H,3-9,11H2,1-2H3,(H,24,25)(H2,23,27,31). The molecule has 0 aromatic carbocycles. The van der Waals surface area contributed by atoms with Gasteiger partial charge in [0.2, 0.25) is 11.4 Å². The fourth-order valence-electron chi connectivity index (χ4n) is 5.01. The molecule has 2 unspecified atom stereocenters. The largest absolute Gasteiger partial charge is 0.389 e. The van der Waals surface area contributed by atoms with Gasteiger partial charge in [0.05, 0.1) is 24.0 Å². The Morgan fingerprint density at radius 2 is 2.09 bits per heavy atom. The second-order valence-electron chi connectivity index (χ2n) is 9.86. The molecule has 1 saturated carbocycles. The third-order valence-electron chi connectivity index (χ3n) is 6.58. The van der Waals surface area contributed by atoms with Gasteiger partial charge in [0.1, 0.15) is 0 Å². The van der Waals surface area contributed by atoms with Gasteiger partial charge in [-0.15, -0.1) is 0 Å². The predicted molar refractivity (Wildman–Crippen MR) is 117 cm³/mol. The number of halogens is 1. The van der Waals surface area contributed by atoms with Crippen molar-refractivity contribution >= 4 is 15.6 Å². The fourth-order valence-corrected chi connectivity index (χ4v) is 6.01. The van der Waals surface area contributed by atoms with Crippen LogP contribution in [0.3, 0.4) is 0 Å². The maximum Gasteiger partial charge on any atom is 0.233 e. The zero-order valence-corrected chi connectivity index (χ0v) is 19.1. The molecule has 174 valence electrons. The van der Waals surface area contributed by atoms with Crippen LogP contribution in [0.2, 0.25) is 0 Å².